The van der Waals surface area contributed by atoms with Crippen LogP contribution in [-0.4, -0.2) is 46.7 Å². The van der Waals surface area contributed by atoms with Gasteiger partial charge in [0.15, 0.2) is 0 Å². The second kappa shape index (κ2) is 10.7. The van der Waals surface area contributed by atoms with E-state index in [1.807, 2.05) is 0 Å². The summed E-state index contributed by atoms with van der Waals surface area (Å²) in [5.74, 6) is -9.04. The molecule has 0 radical (unpaired) electrons. The molecule has 0 fully saturated rings. The minimum atomic E-state index is -4.17. The summed E-state index contributed by atoms with van der Waals surface area (Å²) in [5.41, 5.74) is 1.48. The van der Waals surface area contributed by atoms with Crippen molar-refractivity contribution in [3.63, 3.8) is 0 Å². The standard InChI is InChI=1S/C28H24F2N2O5/c29-28(30,17-24(33)32-22-14-8-7-13-20(22)16-23(32)27(36)37)25(34)21(15-18-9-3-1-4-10-18)31-26(35)19-11-5-2-6-12-19/h1-14,21,23H,15-17H2,(H,31,35)(H,36,37). The molecule has 0 aliphatic carbocycles. The summed E-state index contributed by atoms with van der Waals surface area (Å²) in [7, 11) is 0. The summed E-state index contributed by atoms with van der Waals surface area (Å²) < 4.78 is 30.7. The van der Waals surface area contributed by atoms with Gasteiger partial charge in [0.05, 0.1) is 12.5 Å². The number of carboxylic acid groups (broad SMARTS) is 1. The molecule has 2 amide bonds. The molecule has 2 unspecified atom stereocenters. The van der Waals surface area contributed by atoms with Crippen molar-refractivity contribution in [3.05, 3.63) is 102 Å². The van der Waals surface area contributed by atoms with E-state index in [2.05, 4.69) is 5.32 Å². The Labute approximate surface area is 211 Å². The number of nitrogens with one attached hydrogen (secondary N) is 1. The number of amides is 2. The molecule has 4 rings (SSSR count). The van der Waals surface area contributed by atoms with Crippen molar-refractivity contribution < 1.29 is 33.1 Å². The quantitative estimate of drug-likeness (QED) is 0.461. The van der Waals surface area contributed by atoms with Gasteiger partial charge in [-0.05, 0) is 35.7 Å². The molecule has 7 nitrogen and oxygen atoms in total. The fraction of sp³-hybridized carbons (Fsp3) is 0.214. The van der Waals surface area contributed by atoms with Crippen LogP contribution in [0.2, 0.25) is 0 Å². The highest BCUT2D eigenvalue weighted by molar-refractivity contribution is 6.06. The van der Waals surface area contributed by atoms with Crippen molar-refractivity contribution in [1.82, 2.24) is 5.32 Å². The minimum absolute atomic E-state index is 0.0273. The van der Waals surface area contributed by atoms with Crippen LogP contribution in [0.5, 0.6) is 0 Å². The van der Waals surface area contributed by atoms with Crippen LogP contribution in [0.4, 0.5) is 14.5 Å². The highest BCUT2D eigenvalue weighted by atomic mass is 19.3. The number of carbonyl (C=O) groups excluding carboxylic acids is 3. The largest absolute Gasteiger partial charge is 0.480 e. The third-order valence-corrected chi connectivity index (χ3v) is 6.20. The summed E-state index contributed by atoms with van der Waals surface area (Å²) in [6.45, 7) is 0. The predicted molar refractivity (Wildman–Crippen MR) is 131 cm³/mol. The van der Waals surface area contributed by atoms with Gasteiger partial charge in [0.2, 0.25) is 11.7 Å². The number of alkyl halides is 2. The summed E-state index contributed by atoms with van der Waals surface area (Å²) in [5, 5.41) is 12.0. The zero-order valence-corrected chi connectivity index (χ0v) is 19.6. The number of carbonyl (C=O) groups is 4. The first-order valence-corrected chi connectivity index (χ1v) is 11.6. The van der Waals surface area contributed by atoms with Crippen molar-refractivity contribution in [3.8, 4) is 0 Å². The van der Waals surface area contributed by atoms with Crippen LogP contribution in [-0.2, 0) is 27.2 Å². The molecule has 1 aliphatic heterocycles. The topological polar surface area (TPSA) is 104 Å². The third kappa shape index (κ3) is 5.72. The first-order valence-electron chi connectivity index (χ1n) is 11.6. The number of anilines is 1. The van der Waals surface area contributed by atoms with Crippen molar-refractivity contribution in [2.24, 2.45) is 0 Å². The van der Waals surface area contributed by atoms with Gasteiger partial charge in [-0.25, -0.2) is 4.79 Å². The lowest BCUT2D eigenvalue weighted by Crippen LogP contribution is -2.52. The monoisotopic (exact) mass is 506 g/mol. The number of hydrogen-bond donors (Lipinski definition) is 2. The molecular formula is C28H24F2N2O5. The van der Waals surface area contributed by atoms with Gasteiger partial charge >= 0.3 is 11.9 Å². The SMILES string of the molecule is O=C(NC(Cc1ccccc1)C(=O)C(F)(F)CC(=O)N1c2ccccc2CC1C(=O)O)c1ccccc1. The number of fused-ring (bicyclic) bond motifs is 1. The number of hydrogen-bond acceptors (Lipinski definition) is 4. The minimum Gasteiger partial charge on any atom is -0.480 e. The van der Waals surface area contributed by atoms with Gasteiger partial charge in [0, 0.05) is 17.7 Å². The molecule has 2 N–H and O–H groups in total. The number of benzene rings is 3. The van der Waals surface area contributed by atoms with E-state index in [9.17, 15) is 24.3 Å². The lowest BCUT2D eigenvalue weighted by molar-refractivity contribution is -0.150. The molecular weight excluding hydrogens is 482 g/mol. The number of carboxylic acids is 1. The first kappa shape index (κ1) is 25.7. The molecule has 0 saturated heterocycles. The molecule has 9 heteroatoms. The average molecular weight is 507 g/mol. The van der Waals surface area contributed by atoms with Gasteiger partial charge in [-0.2, -0.15) is 8.78 Å². The van der Waals surface area contributed by atoms with Gasteiger partial charge in [-0.1, -0.05) is 66.7 Å². The maximum Gasteiger partial charge on any atom is 0.327 e. The second-order valence-corrected chi connectivity index (χ2v) is 8.78. The van der Waals surface area contributed by atoms with Crippen molar-refractivity contribution in [2.45, 2.75) is 37.3 Å². The summed E-state index contributed by atoms with van der Waals surface area (Å²) in [4.78, 5) is 51.4. The van der Waals surface area contributed by atoms with Gasteiger partial charge in [-0.15, -0.1) is 0 Å². The Balaban J connectivity index is 1.57. The molecule has 3 aromatic carbocycles. The average Bonchev–Trinajstić information content (AvgIpc) is 3.29. The third-order valence-electron chi connectivity index (χ3n) is 6.20. The van der Waals surface area contributed by atoms with Crippen molar-refractivity contribution in [2.75, 3.05) is 4.90 Å². The Bertz CT molecular complexity index is 1310. The number of halogens is 2. The van der Waals surface area contributed by atoms with Gasteiger partial charge in [-0.3, -0.25) is 19.3 Å². The maximum absolute atomic E-state index is 15.3. The molecule has 0 saturated carbocycles. The zero-order chi connectivity index (χ0) is 26.6. The molecule has 0 spiro atoms. The Morgan fingerprint density at radius 3 is 2.16 bits per heavy atom. The highest BCUT2D eigenvalue weighted by Gasteiger charge is 2.48. The lowest BCUT2D eigenvalue weighted by atomic mass is 9.96. The van der Waals surface area contributed by atoms with E-state index in [1.54, 1.807) is 66.7 Å². The fourth-order valence-corrected chi connectivity index (χ4v) is 4.40. The Hall–Kier alpha value is -4.40. The van der Waals surface area contributed by atoms with Gasteiger partial charge in [0.25, 0.3) is 5.91 Å². The van der Waals surface area contributed by atoms with Gasteiger partial charge in [0.1, 0.15) is 6.04 Å². The molecule has 37 heavy (non-hydrogen) atoms. The smallest absolute Gasteiger partial charge is 0.327 e. The highest BCUT2D eigenvalue weighted by Crippen LogP contribution is 2.35. The second-order valence-electron chi connectivity index (χ2n) is 8.78. The van der Waals surface area contributed by atoms with Crippen LogP contribution >= 0.6 is 0 Å². The molecule has 1 aliphatic rings. The first-order chi connectivity index (χ1) is 17.7. The maximum atomic E-state index is 15.3. The van der Waals surface area contributed by atoms with Crippen molar-refractivity contribution in [1.29, 1.82) is 0 Å². The Morgan fingerprint density at radius 2 is 1.51 bits per heavy atom. The van der Waals surface area contributed by atoms with E-state index in [-0.39, 0.29) is 24.1 Å². The zero-order valence-electron chi connectivity index (χ0n) is 19.6. The van der Waals surface area contributed by atoms with Crippen LogP contribution in [0.1, 0.15) is 27.9 Å². The number of nitrogens with zero attached hydrogens (tertiary/aromatic N) is 1. The summed E-state index contributed by atoms with van der Waals surface area (Å²) in [6.07, 6.45) is -1.77. The van der Waals surface area contributed by atoms with Crippen LogP contribution in [0.15, 0.2) is 84.9 Å². The molecule has 1 heterocycles. The van der Waals surface area contributed by atoms with Gasteiger partial charge < -0.3 is 10.4 Å². The molecule has 190 valence electrons. The van der Waals surface area contributed by atoms with E-state index in [0.29, 0.717) is 11.1 Å². The van der Waals surface area contributed by atoms with Crippen LogP contribution in [0.25, 0.3) is 0 Å². The molecule has 2 atom stereocenters. The number of ketones is 1. The van der Waals surface area contributed by atoms with Crippen LogP contribution in [0, 0.1) is 0 Å². The molecule has 3 aromatic rings. The number of para-hydroxylation sites is 1. The predicted octanol–water partition coefficient (Wildman–Crippen LogP) is 3.66. The normalized spacial score (nSPS) is 15.5. The van der Waals surface area contributed by atoms with Crippen LogP contribution < -0.4 is 10.2 Å². The lowest BCUT2D eigenvalue weighted by Gasteiger charge is -2.27. The number of aliphatic carboxylic acids is 1. The van der Waals surface area contributed by atoms with E-state index >= 15 is 8.78 Å². The van der Waals surface area contributed by atoms with E-state index in [4.69, 9.17) is 0 Å². The van der Waals surface area contributed by atoms with Crippen molar-refractivity contribution >= 4 is 29.3 Å². The van der Waals surface area contributed by atoms with E-state index < -0.39 is 48.0 Å². The molecule has 0 aromatic heterocycles. The Morgan fingerprint density at radius 1 is 0.919 bits per heavy atom. The van der Waals surface area contributed by atoms with Crippen LogP contribution in [0.3, 0.4) is 0 Å². The summed E-state index contributed by atoms with van der Waals surface area (Å²) in [6, 6.07) is 19.6. The number of Topliss-reactive ketones (excluding diaryl/α,β-unsaturated/α-hetero) is 1. The fourth-order valence-electron chi connectivity index (χ4n) is 4.40. The molecule has 0 bridgehead atoms. The van der Waals surface area contributed by atoms with E-state index in [0.717, 1.165) is 4.90 Å². The Kier molecular flexibility index (Phi) is 7.42. The van der Waals surface area contributed by atoms with E-state index in [1.165, 1.54) is 18.2 Å². The number of rotatable bonds is 9. The summed E-state index contributed by atoms with van der Waals surface area (Å²) >= 11 is 0.